The molecule has 3 heteroatoms. The highest BCUT2D eigenvalue weighted by molar-refractivity contribution is 6.59. The molecule has 0 atom stereocenters. The number of hydrogen-bond donors (Lipinski definition) is 0. The summed E-state index contributed by atoms with van der Waals surface area (Å²) in [6.07, 6.45) is 0.558. The Bertz CT molecular complexity index is 153. The van der Waals surface area contributed by atoms with Crippen LogP contribution in [0, 0.1) is 0 Å². The summed E-state index contributed by atoms with van der Waals surface area (Å²) >= 11 is 0. The van der Waals surface area contributed by atoms with Gasteiger partial charge < -0.3 is 4.74 Å². The van der Waals surface area contributed by atoms with Gasteiger partial charge in [0.1, 0.15) is 0 Å². The van der Waals surface area contributed by atoms with Crippen LogP contribution in [0.5, 0.6) is 0 Å². The van der Waals surface area contributed by atoms with E-state index in [9.17, 15) is 4.79 Å². The van der Waals surface area contributed by atoms with Crippen molar-refractivity contribution in [3.8, 4) is 0 Å². The molecule has 2 nitrogen and oxygen atoms in total. The van der Waals surface area contributed by atoms with E-state index in [1.807, 2.05) is 6.92 Å². The minimum absolute atomic E-state index is 0.0614. The SMILES string of the molecule is CCOC(=O)CC(C)(C)[Si](C)C. The van der Waals surface area contributed by atoms with Gasteiger partial charge in [-0.1, -0.05) is 26.9 Å². The highest BCUT2D eigenvalue weighted by Gasteiger charge is 2.27. The topological polar surface area (TPSA) is 26.3 Å². The van der Waals surface area contributed by atoms with Crippen molar-refractivity contribution in [1.29, 1.82) is 0 Å². The Hall–Kier alpha value is -0.313. The average Bonchev–Trinajstić information content (AvgIpc) is 1.85. The molecule has 0 amide bonds. The summed E-state index contributed by atoms with van der Waals surface area (Å²) in [6, 6.07) is 0. The summed E-state index contributed by atoms with van der Waals surface area (Å²) in [6.45, 7) is 11.1. The molecule has 0 heterocycles. The monoisotopic (exact) mass is 187 g/mol. The molecule has 0 rings (SSSR count). The lowest BCUT2D eigenvalue weighted by Crippen LogP contribution is -2.25. The van der Waals surface area contributed by atoms with Gasteiger partial charge in [0.05, 0.1) is 6.61 Å². The second-order valence-corrected chi connectivity index (χ2v) is 7.22. The third-order valence-electron chi connectivity index (χ3n) is 2.25. The fourth-order valence-corrected chi connectivity index (χ4v) is 1.25. The number of hydrogen-bond acceptors (Lipinski definition) is 2. The van der Waals surface area contributed by atoms with Crippen LogP contribution in [-0.2, 0) is 9.53 Å². The minimum Gasteiger partial charge on any atom is -0.466 e. The van der Waals surface area contributed by atoms with Gasteiger partial charge in [-0.25, -0.2) is 0 Å². The lowest BCUT2D eigenvalue weighted by atomic mass is 10.1. The summed E-state index contributed by atoms with van der Waals surface area (Å²) in [5.41, 5.74) is 0. The summed E-state index contributed by atoms with van der Waals surface area (Å²) in [7, 11) is -0.425. The molecule has 1 radical (unpaired) electrons. The van der Waals surface area contributed by atoms with Crippen molar-refractivity contribution < 1.29 is 9.53 Å². The maximum atomic E-state index is 11.2. The van der Waals surface area contributed by atoms with Gasteiger partial charge in [0.2, 0.25) is 0 Å². The summed E-state index contributed by atoms with van der Waals surface area (Å²) in [5, 5.41) is 0.150. The molecule has 0 aromatic heterocycles. The Kier molecular flexibility index (Phi) is 4.53. The van der Waals surface area contributed by atoms with Gasteiger partial charge >= 0.3 is 5.97 Å². The summed E-state index contributed by atoms with van der Waals surface area (Å²) in [4.78, 5) is 11.2. The lowest BCUT2D eigenvalue weighted by molar-refractivity contribution is -0.143. The van der Waals surface area contributed by atoms with Gasteiger partial charge in [-0.15, -0.1) is 0 Å². The van der Waals surface area contributed by atoms with Gasteiger partial charge in [-0.2, -0.15) is 0 Å². The van der Waals surface area contributed by atoms with Crippen molar-refractivity contribution in [3.05, 3.63) is 0 Å². The first kappa shape index (κ1) is 11.7. The van der Waals surface area contributed by atoms with E-state index in [-0.39, 0.29) is 11.0 Å². The Labute approximate surface area is 76.9 Å². The molecule has 0 bridgehead atoms. The third-order valence-corrected chi connectivity index (χ3v) is 5.13. The predicted octanol–water partition coefficient (Wildman–Crippen LogP) is 2.47. The Morgan fingerprint density at radius 2 is 1.92 bits per heavy atom. The van der Waals surface area contributed by atoms with E-state index in [0.29, 0.717) is 13.0 Å². The highest BCUT2D eigenvalue weighted by atomic mass is 28.3. The molecule has 0 saturated heterocycles. The molecule has 12 heavy (non-hydrogen) atoms. The van der Waals surface area contributed by atoms with E-state index in [1.165, 1.54) is 0 Å². The predicted molar refractivity (Wildman–Crippen MR) is 52.8 cm³/mol. The van der Waals surface area contributed by atoms with Gasteiger partial charge in [0.15, 0.2) is 0 Å². The van der Waals surface area contributed by atoms with Gasteiger partial charge in [0.25, 0.3) is 0 Å². The van der Waals surface area contributed by atoms with Crippen molar-refractivity contribution in [2.24, 2.45) is 0 Å². The van der Waals surface area contributed by atoms with E-state index in [4.69, 9.17) is 4.74 Å². The van der Waals surface area contributed by atoms with Crippen LogP contribution in [-0.4, -0.2) is 21.4 Å². The molecule has 71 valence electrons. The second-order valence-electron chi connectivity index (χ2n) is 3.87. The van der Waals surface area contributed by atoms with E-state index >= 15 is 0 Å². The van der Waals surface area contributed by atoms with Gasteiger partial charge in [0, 0.05) is 15.2 Å². The second kappa shape index (κ2) is 4.65. The number of esters is 1. The molecule has 0 spiro atoms. The maximum Gasteiger partial charge on any atom is 0.306 e. The Balaban J connectivity index is 3.97. The van der Waals surface area contributed by atoms with Crippen LogP contribution in [0.15, 0.2) is 0 Å². The first-order valence-corrected chi connectivity index (χ1v) is 6.86. The first-order chi connectivity index (χ1) is 5.40. The van der Waals surface area contributed by atoms with Crippen LogP contribution < -0.4 is 0 Å². The standard InChI is InChI=1S/C9H19O2Si/c1-6-11-8(10)7-9(2,3)12(4)5/h6-7H2,1-5H3. The van der Waals surface area contributed by atoms with Crippen LogP contribution >= 0.6 is 0 Å². The number of carbonyl (C=O) groups is 1. The first-order valence-electron chi connectivity index (χ1n) is 4.36. The zero-order valence-corrected chi connectivity index (χ0v) is 9.73. The van der Waals surface area contributed by atoms with Crippen molar-refractivity contribution in [2.75, 3.05) is 6.61 Å². The normalized spacial score (nSPS) is 11.8. The molecule has 0 fully saturated rings. The number of rotatable bonds is 4. The van der Waals surface area contributed by atoms with Crippen LogP contribution in [0.2, 0.25) is 18.1 Å². The van der Waals surface area contributed by atoms with Crippen LogP contribution in [0.3, 0.4) is 0 Å². The average molecular weight is 187 g/mol. The Morgan fingerprint density at radius 3 is 2.25 bits per heavy atom. The molecule has 0 aliphatic rings. The van der Waals surface area contributed by atoms with E-state index in [0.717, 1.165) is 0 Å². The maximum absolute atomic E-state index is 11.2. The minimum atomic E-state index is -0.425. The Morgan fingerprint density at radius 1 is 1.42 bits per heavy atom. The molecular weight excluding hydrogens is 168 g/mol. The molecule has 0 aromatic carbocycles. The van der Waals surface area contributed by atoms with E-state index in [2.05, 4.69) is 26.9 Å². The number of ether oxygens (including phenoxy) is 1. The molecular formula is C9H19O2Si. The quantitative estimate of drug-likeness (QED) is 0.499. The molecule has 0 aromatic rings. The van der Waals surface area contributed by atoms with E-state index in [1.54, 1.807) is 0 Å². The zero-order chi connectivity index (χ0) is 9.78. The molecule has 0 saturated carbocycles. The number of carbonyl (C=O) groups excluding carboxylic acids is 1. The third kappa shape index (κ3) is 3.90. The molecule has 0 aliphatic heterocycles. The molecule has 0 aliphatic carbocycles. The van der Waals surface area contributed by atoms with Crippen molar-refractivity contribution in [2.45, 2.75) is 45.3 Å². The fourth-order valence-electron chi connectivity index (χ4n) is 0.750. The smallest absolute Gasteiger partial charge is 0.306 e. The molecule has 0 unspecified atom stereocenters. The van der Waals surface area contributed by atoms with Crippen LogP contribution in [0.4, 0.5) is 0 Å². The molecule has 0 N–H and O–H groups in total. The van der Waals surface area contributed by atoms with Gasteiger partial charge in [-0.05, 0) is 12.0 Å². The van der Waals surface area contributed by atoms with Gasteiger partial charge in [-0.3, -0.25) is 4.79 Å². The largest absolute Gasteiger partial charge is 0.466 e. The summed E-state index contributed by atoms with van der Waals surface area (Å²) in [5.74, 6) is -0.0614. The lowest BCUT2D eigenvalue weighted by Gasteiger charge is -2.26. The van der Waals surface area contributed by atoms with Crippen LogP contribution in [0.1, 0.15) is 27.2 Å². The van der Waals surface area contributed by atoms with Crippen molar-refractivity contribution in [3.63, 3.8) is 0 Å². The van der Waals surface area contributed by atoms with Crippen LogP contribution in [0.25, 0.3) is 0 Å². The van der Waals surface area contributed by atoms with Crippen molar-refractivity contribution >= 4 is 14.8 Å². The van der Waals surface area contributed by atoms with Crippen molar-refractivity contribution in [1.82, 2.24) is 0 Å². The highest BCUT2D eigenvalue weighted by Crippen LogP contribution is 2.32. The summed E-state index contributed by atoms with van der Waals surface area (Å²) < 4.78 is 4.91. The zero-order valence-electron chi connectivity index (χ0n) is 8.73. The van der Waals surface area contributed by atoms with E-state index < -0.39 is 8.80 Å². The fraction of sp³-hybridized carbons (Fsp3) is 0.889.